The molecule has 2 aliphatic heterocycles. The first-order chi connectivity index (χ1) is 13.0. The van der Waals surface area contributed by atoms with E-state index in [0.29, 0.717) is 17.6 Å². The number of hydrogen-bond donors (Lipinski definition) is 2. The van der Waals surface area contributed by atoms with E-state index in [4.69, 9.17) is 9.47 Å². The average molecular weight is 433 g/mol. The van der Waals surface area contributed by atoms with Gasteiger partial charge in [-0.3, -0.25) is 4.79 Å². The summed E-state index contributed by atoms with van der Waals surface area (Å²) in [6.45, 7) is 0.175. The van der Waals surface area contributed by atoms with Gasteiger partial charge in [0.25, 0.3) is 5.91 Å². The summed E-state index contributed by atoms with van der Waals surface area (Å²) in [5, 5.41) is 5.37. The van der Waals surface area contributed by atoms with Gasteiger partial charge in [-0.1, -0.05) is 21.7 Å². The molecule has 8 heteroatoms. The smallest absolute Gasteiger partial charge is 0.260 e. The molecule has 4 rings (SSSR count). The lowest BCUT2D eigenvalue weighted by Gasteiger charge is -2.14. The number of hydrogen-bond acceptors (Lipinski definition) is 4. The van der Waals surface area contributed by atoms with Crippen molar-refractivity contribution in [3.05, 3.63) is 81.4 Å². The zero-order valence-electron chi connectivity index (χ0n) is 13.6. The summed E-state index contributed by atoms with van der Waals surface area (Å²) in [7, 11) is 0. The molecule has 0 aromatic heterocycles. The van der Waals surface area contributed by atoms with Gasteiger partial charge in [-0.25, -0.2) is 8.78 Å². The molecule has 0 radical (unpaired) electrons. The summed E-state index contributed by atoms with van der Waals surface area (Å²) in [5.41, 5.74) is 4.25. The number of allylic oxidation sites excluding steroid dienone is 2. The third-order valence-electron chi connectivity index (χ3n) is 3.93. The molecular weight excluding hydrogens is 422 g/mol. The number of amides is 1. The molecule has 0 spiro atoms. The normalized spacial score (nSPS) is 14.3. The minimum absolute atomic E-state index is 0.175. The molecule has 0 saturated heterocycles. The van der Waals surface area contributed by atoms with Gasteiger partial charge in [0.2, 0.25) is 6.79 Å². The van der Waals surface area contributed by atoms with Crippen LogP contribution in [0.4, 0.5) is 8.78 Å². The van der Waals surface area contributed by atoms with E-state index in [1.807, 2.05) is 12.1 Å². The van der Waals surface area contributed by atoms with Crippen molar-refractivity contribution in [3.63, 3.8) is 0 Å². The molecule has 0 fully saturated rings. The Bertz CT molecular complexity index is 1060. The Labute approximate surface area is 161 Å². The predicted octanol–water partition coefficient (Wildman–Crippen LogP) is 3.83. The number of carbonyl (C=O) groups excluding carboxylic acids is 1. The van der Waals surface area contributed by atoms with Gasteiger partial charge < -0.3 is 20.1 Å². The number of rotatable bonds is 3. The molecular formula is C19H11BrF2N2O3. The maximum Gasteiger partial charge on any atom is 0.260 e. The fourth-order valence-electron chi connectivity index (χ4n) is 2.60. The number of carbonyl (C=O) groups is 1. The molecule has 0 unspecified atom stereocenters. The van der Waals surface area contributed by atoms with Crippen molar-refractivity contribution >= 4 is 27.4 Å². The first-order valence-corrected chi connectivity index (χ1v) is 8.60. The molecule has 27 heavy (non-hydrogen) atoms. The molecule has 0 atom stereocenters. The second-order valence-electron chi connectivity index (χ2n) is 5.67. The van der Waals surface area contributed by atoms with E-state index in [1.165, 1.54) is 0 Å². The molecule has 2 aliphatic rings. The summed E-state index contributed by atoms with van der Waals surface area (Å²) in [6.07, 6.45) is 3.32. The van der Waals surface area contributed by atoms with E-state index < -0.39 is 17.5 Å². The van der Waals surface area contributed by atoms with Crippen LogP contribution in [-0.4, -0.2) is 12.7 Å². The van der Waals surface area contributed by atoms with Crippen molar-refractivity contribution in [2.24, 2.45) is 0 Å². The number of halogens is 3. The van der Waals surface area contributed by atoms with Crippen LogP contribution in [0.15, 0.2) is 58.6 Å². The summed E-state index contributed by atoms with van der Waals surface area (Å²) in [4.78, 5) is 12.1. The van der Waals surface area contributed by atoms with E-state index in [1.54, 1.807) is 12.3 Å². The first kappa shape index (κ1) is 17.3. The van der Waals surface area contributed by atoms with E-state index in [9.17, 15) is 13.6 Å². The minimum Gasteiger partial charge on any atom is -0.454 e. The third-order valence-corrected chi connectivity index (χ3v) is 4.59. The Morgan fingerprint density at radius 2 is 1.96 bits per heavy atom. The Morgan fingerprint density at radius 1 is 1.19 bits per heavy atom. The zero-order valence-corrected chi connectivity index (χ0v) is 15.2. The number of benzene rings is 2. The van der Waals surface area contributed by atoms with Gasteiger partial charge in [0.05, 0.1) is 5.56 Å². The molecule has 5 nitrogen and oxygen atoms in total. The Kier molecular flexibility index (Phi) is 4.43. The predicted molar refractivity (Wildman–Crippen MR) is 96.8 cm³/mol. The number of fused-ring (bicyclic) bond motifs is 1. The fraction of sp³-hybridized carbons (Fsp3) is 0.0526. The van der Waals surface area contributed by atoms with Crippen LogP contribution in [0.2, 0.25) is 0 Å². The standard InChI is InChI=1S/C19H11BrF2N2O3/c20-14-7-17-16(26-9-27-17)6-13(14)10-1-4-18(23-8-10)24-19(25)12-3-2-11(21)5-15(12)22/h1-3,5-8,23H,9H2,(H,24,25). The van der Waals surface area contributed by atoms with Gasteiger partial charge in [-0.05, 0) is 30.3 Å². The highest BCUT2D eigenvalue weighted by Gasteiger charge is 2.19. The quantitative estimate of drug-likeness (QED) is 0.723. The van der Waals surface area contributed by atoms with E-state index in [-0.39, 0.29) is 18.2 Å². The summed E-state index contributed by atoms with van der Waals surface area (Å²) in [6, 6.07) is 6.40. The lowest BCUT2D eigenvalue weighted by atomic mass is 10.1. The monoisotopic (exact) mass is 432 g/mol. The van der Waals surface area contributed by atoms with Crippen LogP contribution in [0.3, 0.4) is 0 Å². The van der Waals surface area contributed by atoms with E-state index in [0.717, 1.165) is 27.7 Å². The van der Waals surface area contributed by atoms with Crippen molar-refractivity contribution in [1.82, 2.24) is 10.6 Å². The fourth-order valence-corrected chi connectivity index (χ4v) is 3.16. The van der Waals surface area contributed by atoms with Crippen LogP contribution in [0.1, 0.15) is 15.9 Å². The lowest BCUT2D eigenvalue weighted by molar-refractivity contribution is 0.0960. The average Bonchev–Trinajstić information content (AvgIpc) is 3.09. The Morgan fingerprint density at radius 3 is 2.67 bits per heavy atom. The van der Waals surface area contributed by atoms with Crippen LogP contribution in [0.5, 0.6) is 11.5 Å². The Hall–Kier alpha value is -3.09. The largest absolute Gasteiger partial charge is 0.454 e. The van der Waals surface area contributed by atoms with Crippen LogP contribution >= 0.6 is 15.9 Å². The highest BCUT2D eigenvalue weighted by molar-refractivity contribution is 9.10. The van der Waals surface area contributed by atoms with Gasteiger partial charge in [-0.15, -0.1) is 0 Å². The van der Waals surface area contributed by atoms with Gasteiger partial charge in [-0.2, -0.15) is 0 Å². The van der Waals surface area contributed by atoms with Crippen LogP contribution in [0, 0.1) is 11.6 Å². The van der Waals surface area contributed by atoms with Crippen molar-refractivity contribution in [2.45, 2.75) is 0 Å². The number of ether oxygens (including phenoxy) is 2. The summed E-state index contributed by atoms with van der Waals surface area (Å²) >= 11 is 3.48. The van der Waals surface area contributed by atoms with Crippen molar-refractivity contribution in [2.75, 3.05) is 6.79 Å². The van der Waals surface area contributed by atoms with E-state index >= 15 is 0 Å². The second kappa shape index (κ2) is 6.90. The first-order valence-electron chi connectivity index (χ1n) is 7.80. The van der Waals surface area contributed by atoms with Gasteiger partial charge in [0, 0.05) is 27.9 Å². The highest BCUT2D eigenvalue weighted by atomic mass is 79.9. The molecule has 0 aliphatic carbocycles. The van der Waals surface area contributed by atoms with Crippen LogP contribution in [-0.2, 0) is 0 Å². The van der Waals surface area contributed by atoms with Crippen LogP contribution in [0.25, 0.3) is 5.57 Å². The lowest BCUT2D eigenvalue weighted by Crippen LogP contribution is -2.30. The molecule has 2 heterocycles. The SMILES string of the molecule is O=C(NC1=C=CC(c2cc3c(cc2Br)OCO3)=CN1)c1ccc(F)cc1F. The highest BCUT2D eigenvalue weighted by Crippen LogP contribution is 2.39. The third kappa shape index (κ3) is 3.45. The maximum absolute atomic E-state index is 13.7. The van der Waals surface area contributed by atoms with E-state index in [2.05, 4.69) is 32.3 Å². The summed E-state index contributed by atoms with van der Waals surface area (Å²) in [5.74, 6) is -0.864. The zero-order chi connectivity index (χ0) is 19.0. The molecule has 2 aromatic carbocycles. The maximum atomic E-state index is 13.7. The molecule has 2 aromatic rings. The Balaban J connectivity index is 1.54. The second-order valence-corrected chi connectivity index (χ2v) is 6.53. The van der Waals surface area contributed by atoms with Gasteiger partial charge in [0.1, 0.15) is 11.6 Å². The molecule has 136 valence electrons. The van der Waals surface area contributed by atoms with Crippen molar-refractivity contribution < 1.29 is 23.0 Å². The topological polar surface area (TPSA) is 59.6 Å². The van der Waals surface area contributed by atoms with Gasteiger partial charge in [0.15, 0.2) is 17.3 Å². The number of nitrogens with one attached hydrogen (secondary N) is 2. The van der Waals surface area contributed by atoms with Gasteiger partial charge >= 0.3 is 0 Å². The molecule has 0 saturated carbocycles. The molecule has 1 amide bonds. The van der Waals surface area contributed by atoms with Crippen molar-refractivity contribution in [1.29, 1.82) is 0 Å². The minimum atomic E-state index is -0.937. The van der Waals surface area contributed by atoms with Crippen LogP contribution < -0.4 is 20.1 Å². The summed E-state index contributed by atoms with van der Waals surface area (Å²) < 4.78 is 38.2. The molecule has 0 bridgehead atoms. The molecule has 2 N–H and O–H groups in total. The van der Waals surface area contributed by atoms with Crippen molar-refractivity contribution in [3.8, 4) is 11.5 Å².